The van der Waals surface area contributed by atoms with E-state index >= 15 is 0 Å². The minimum absolute atomic E-state index is 0.185. The lowest BCUT2D eigenvalue weighted by Gasteiger charge is -2.08. The van der Waals surface area contributed by atoms with Crippen molar-refractivity contribution in [3.05, 3.63) is 21.6 Å². The molecule has 5 heteroatoms. The van der Waals surface area contributed by atoms with Crippen LogP contribution in [-0.2, 0) is 0 Å². The monoisotopic (exact) mass is 220 g/mol. The first-order valence-electron chi connectivity index (χ1n) is 5.50. The van der Waals surface area contributed by atoms with Gasteiger partial charge in [-0.1, -0.05) is 13.8 Å². The van der Waals surface area contributed by atoms with Gasteiger partial charge in [-0.2, -0.15) is 5.10 Å². The van der Waals surface area contributed by atoms with Gasteiger partial charge in [0.05, 0.1) is 23.0 Å². The fourth-order valence-corrected chi connectivity index (χ4v) is 1.46. The minimum Gasteiger partial charge on any atom is -0.396 e. The Morgan fingerprint density at radius 3 is 2.81 bits per heavy atom. The fraction of sp³-hybridized carbons (Fsp3) is 0.545. The molecule has 2 rings (SSSR count). The van der Waals surface area contributed by atoms with E-state index in [0.717, 1.165) is 18.5 Å². The van der Waals surface area contributed by atoms with Crippen molar-refractivity contribution in [2.75, 3.05) is 5.73 Å². The molecule has 0 bridgehead atoms. The highest BCUT2D eigenvalue weighted by atomic mass is 16.1. The number of aliphatic imine (C=N–C) groups is 1. The summed E-state index contributed by atoms with van der Waals surface area (Å²) in [6, 6.07) is 0.384. The molecule has 0 saturated heterocycles. The topological polar surface area (TPSA) is 84.1 Å². The Hall–Kier alpha value is -1.65. The molecule has 1 aromatic heterocycles. The third-order valence-electron chi connectivity index (χ3n) is 2.60. The van der Waals surface area contributed by atoms with Crippen LogP contribution in [-0.4, -0.2) is 22.5 Å². The summed E-state index contributed by atoms with van der Waals surface area (Å²) >= 11 is 0. The molecule has 1 aromatic rings. The number of nitrogen functional groups attached to an aromatic ring is 1. The zero-order valence-corrected chi connectivity index (χ0v) is 9.53. The van der Waals surface area contributed by atoms with Crippen molar-refractivity contribution >= 4 is 11.9 Å². The predicted octanol–water partition coefficient (Wildman–Crippen LogP) is 1.06. The summed E-state index contributed by atoms with van der Waals surface area (Å²) in [6.07, 6.45) is 3.80. The van der Waals surface area contributed by atoms with Crippen molar-refractivity contribution in [3.63, 3.8) is 0 Å². The maximum Gasteiger partial charge on any atom is 0.275 e. The highest BCUT2D eigenvalue weighted by Crippen LogP contribution is 2.24. The van der Waals surface area contributed by atoms with E-state index in [4.69, 9.17) is 5.73 Å². The first-order chi connectivity index (χ1) is 7.59. The standard InChI is InChI=1S/C11H16N4O/c1-6(2)10-9(12)8(11(16)15-14-10)5-13-7-3-4-7/h5-7H,3-4H2,1-2H3,(H3,12,15,16). The molecule has 0 unspecified atom stereocenters. The van der Waals surface area contributed by atoms with Crippen LogP contribution in [0.3, 0.4) is 0 Å². The quantitative estimate of drug-likeness (QED) is 0.747. The molecule has 0 radical (unpaired) electrons. The third-order valence-corrected chi connectivity index (χ3v) is 2.60. The van der Waals surface area contributed by atoms with Gasteiger partial charge in [0.2, 0.25) is 0 Å². The average molecular weight is 220 g/mol. The van der Waals surface area contributed by atoms with Gasteiger partial charge in [-0.3, -0.25) is 9.79 Å². The van der Waals surface area contributed by atoms with Crippen LogP contribution in [0.2, 0.25) is 0 Å². The van der Waals surface area contributed by atoms with Gasteiger partial charge in [-0.25, -0.2) is 5.10 Å². The second kappa shape index (κ2) is 4.08. The molecule has 16 heavy (non-hydrogen) atoms. The van der Waals surface area contributed by atoms with E-state index in [-0.39, 0.29) is 11.5 Å². The van der Waals surface area contributed by atoms with Crippen molar-refractivity contribution < 1.29 is 0 Å². The third kappa shape index (κ3) is 2.13. The van der Waals surface area contributed by atoms with Gasteiger partial charge in [0, 0.05) is 6.21 Å². The number of H-pyrrole nitrogens is 1. The van der Waals surface area contributed by atoms with E-state index in [1.165, 1.54) is 0 Å². The fourth-order valence-electron chi connectivity index (χ4n) is 1.46. The number of nitrogens with zero attached hydrogens (tertiary/aromatic N) is 2. The Labute approximate surface area is 93.8 Å². The van der Waals surface area contributed by atoms with E-state index in [1.807, 2.05) is 13.8 Å². The summed E-state index contributed by atoms with van der Waals surface area (Å²) in [5.41, 5.74) is 7.25. The second-order valence-electron chi connectivity index (χ2n) is 4.43. The molecule has 0 aromatic carbocycles. The highest BCUT2D eigenvalue weighted by Gasteiger charge is 2.20. The Bertz CT molecular complexity index is 471. The van der Waals surface area contributed by atoms with Crippen LogP contribution in [0.1, 0.15) is 43.9 Å². The molecule has 0 aliphatic heterocycles. The Morgan fingerprint density at radius 2 is 2.25 bits per heavy atom. The first-order valence-corrected chi connectivity index (χ1v) is 5.50. The summed E-state index contributed by atoms with van der Waals surface area (Å²) in [5.74, 6) is 0.185. The molecule has 0 amide bonds. The van der Waals surface area contributed by atoms with Crippen LogP contribution in [0.15, 0.2) is 9.79 Å². The van der Waals surface area contributed by atoms with Gasteiger partial charge in [0.25, 0.3) is 5.56 Å². The first kappa shape index (κ1) is 10.9. The molecule has 1 aliphatic rings. The van der Waals surface area contributed by atoms with Gasteiger partial charge in [-0.05, 0) is 18.8 Å². The Balaban J connectivity index is 2.41. The van der Waals surface area contributed by atoms with Gasteiger partial charge >= 0.3 is 0 Å². The molecule has 86 valence electrons. The van der Waals surface area contributed by atoms with Crippen LogP contribution in [0.25, 0.3) is 0 Å². The molecule has 0 spiro atoms. The lowest BCUT2D eigenvalue weighted by molar-refractivity contribution is 0.781. The number of rotatable bonds is 3. The number of aromatic amines is 1. The SMILES string of the molecule is CC(C)c1n[nH]c(=O)c(C=NC2CC2)c1N. The normalized spacial score (nSPS) is 16.2. The van der Waals surface area contributed by atoms with Crippen LogP contribution < -0.4 is 11.3 Å². The molecular weight excluding hydrogens is 204 g/mol. The van der Waals surface area contributed by atoms with Crippen molar-refractivity contribution in [3.8, 4) is 0 Å². The number of nitrogens with one attached hydrogen (secondary N) is 1. The summed E-state index contributed by atoms with van der Waals surface area (Å²) < 4.78 is 0. The smallest absolute Gasteiger partial charge is 0.275 e. The van der Waals surface area contributed by atoms with Crippen molar-refractivity contribution in [2.45, 2.75) is 38.6 Å². The highest BCUT2D eigenvalue weighted by molar-refractivity contribution is 5.87. The Kier molecular flexibility index (Phi) is 2.77. The van der Waals surface area contributed by atoms with E-state index in [9.17, 15) is 4.79 Å². The molecular formula is C11H16N4O. The summed E-state index contributed by atoms with van der Waals surface area (Å²) in [5, 5.41) is 6.41. The Morgan fingerprint density at radius 1 is 1.56 bits per heavy atom. The van der Waals surface area contributed by atoms with Gasteiger partial charge in [0.15, 0.2) is 0 Å². The number of hydrogen-bond acceptors (Lipinski definition) is 4. The summed E-state index contributed by atoms with van der Waals surface area (Å²) in [7, 11) is 0. The number of nitrogens with two attached hydrogens (primary N) is 1. The van der Waals surface area contributed by atoms with Gasteiger partial charge in [-0.15, -0.1) is 0 Å². The molecule has 1 aliphatic carbocycles. The summed E-state index contributed by atoms with van der Waals surface area (Å²) in [4.78, 5) is 15.8. The summed E-state index contributed by atoms with van der Waals surface area (Å²) in [6.45, 7) is 3.97. The molecule has 3 N–H and O–H groups in total. The van der Waals surface area contributed by atoms with Gasteiger partial charge in [0.1, 0.15) is 0 Å². The predicted molar refractivity (Wildman–Crippen MR) is 64.0 cm³/mol. The number of aromatic nitrogens is 2. The molecule has 1 saturated carbocycles. The van der Waals surface area contributed by atoms with Crippen molar-refractivity contribution in [1.29, 1.82) is 0 Å². The molecule has 1 fully saturated rings. The molecule has 5 nitrogen and oxygen atoms in total. The molecule has 1 heterocycles. The van der Waals surface area contributed by atoms with Crippen molar-refractivity contribution in [1.82, 2.24) is 10.2 Å². The van der Waals surface area contributed by atoms with Crippen LogP contribution in [0.5, 0.6) is 0 Å². The molecule has 0 atom stereocenters. The lowest BCUT2D eigenvalue weighted by Crippen LogP contribution is -2.20. The van der Waals surface area contributed by atoms with Crippen LogP contribution in [0.4, 0.5) is 5.69 Å². The lowest BCUT2D eigenvalue weighted by atomic mass is 10.1. The van der Waals surface area contributed by atoms with E-state index < -0.39 is 0 Å². The zero-order valence-electron chi connectivity index (χ0n) is 9.53. The largest absolute Gasteiger partial charge is 0.396 e. The second-order valence-corrected chi connectivity index (χ2v) is 4.43. The van der Waals surface area contributed by atoms with Crippen LogP contribution >= 0.6 is 0 Å². The van der Waals surface area contributed by atoms with Crippen LogP contribution in [0, 0.1) is 0 Å². The zero-order chi connectivity index (χ0) is 11.7. The van der Waals surface area contributed by atoms with Crippen molar-refractivity contribution in [2.24, 2.45) is 4.99 Å². The minimum atomic E-state index is -0.272. The average Bonchev–Trinajstić information content (AvgIpc) is 3.00. The maximum absolute atomic E-state index is 11.6. The van der Waals surface area contributed by atoms with E-state index in [2.05, 4.69) is 15.2 Å². The maximum atomic E-state index is 11.6. The number of anilines is 1. The number of hydrogen-bond donors (Lipinski definition) is 2. The van der Waals surface area contributed by atoms with E-state index in [0.29, 0.717) is 17.3 Å². The van der Waals surface area contributed by atoms with Gasteiger partial charge < -0.3 is 5.73 Å². The van der Waals surface area contributed by atoms with E-state index in [1.54, 1.807) is 6.21 Å².